The fraction of sp³-hybridized carbons (Fsp3) is 0.250. The molecular weight excluding hydrogens is 252 g/mol. The molecule has 0 saturated carbocycles. The van der Waals surface area contributed by atoms with Gasteiger partial charge in [0.15, 0.2) is 0 Å². The van der Waals surface area contributed by atoms with E-state index in [9.17, 15) is 10.1 Å². The molecule has 0 unspecified atom stereocenters. The Morgan fingerprint density at radius 1 is 0.900 bits per heavy atom. The highest BCUT2D eigenvalue weighted by Gasteiger charge is 2.17. The van der Waals surface area contributed by atoms with Crippen molar-refractivity contribution in [3.05, 3.63) is 62.7 Å². The minimum atomic E-state index is -0.342. The molecule has 0 fully saturated rings. The van der Waals surface area contributed by atoms with Crippen molar-refractivity contribution >= 4 is 17.1 Å². The van der Waals surface area contributed by atoms with Gasteiger partial charge in [-0.15, -0.1) is 0 Å². The number of hydrogen-bond donors (Lipinski definition) is 1. The average molecular weight is 270 g/mol. The zero-order valence-corrected chi connectivity index (χ0v) is 12.2. The lowest BCUT2D eigenvalue weighted by Crippen LogP contribution is -2.00. The summed E-state index contributed by atoms with van der Waals surface area (Å²) in [5.41, 5.74) is 5.56. The maximum atomic E-state index is 11.2. The molecule has 0 saturated heterocycles. The Hall–Kier alpha value is -2.36. The summed E-state index contributed by atoms with van der Waals surface area (Å²) >= 11 is 0. The molecule has 1 N–H and O–H groups in total. The van der Waals surface area contributed by atoms with Gasteiger partial charge in [-0.05, 0) is 62.1 Å². The van der Waals surface area contributed by atoms with Crippen LogP contribution in [0, 0.1) is 37.8 Å². The number of nitrogens with zero attached hydrogens (tertiary/aromatic N) is 1. The lowest BCUT2D eigenvalue weighted by molar-refractivity contribution is -0.384. The van der Waals surface area contributed by atoms with Crippen LogP contribution in [0.15, 0.2) is 30.3 Å². The molecule has 104 valence electrons. The first-order valence-electron chi connectivity index (χ1n) is 6.48. The van der Waals surface area contributed by atoms with Crippen LogP contribution in [-0.2, 0) is 0 Å². The van der Waals surface area contributed by atoms with Crippen LogP contribution in [0.3, 0.4) is 0 Å². The van der Waals surface area contributed by atoms with Crippen LogP contribution in [0.1, 0.15) is 22.3 Å². The molecular formula is C16H18N2O2. The third-order valence-corrected chi connectivity index (χ3v) is 3.15. The highest BCUT2D eigenvalue weighted by molar-refractivity contribution is 5.74. The van der Waals surface area contributed by atoms with Crippen molar-refractivity contribution in [2.45, 2.75) is 27.7 Å². The van der Waals surface area contributed by atoms with Gasteiger partial charge in [-0.1, -0.05) is 12.1 Å². The quantitative estimate of drug-likeness (QED) is 0.656. The van der Waals surface area contributed by atoms with Crippen molar-refractivity contribution in [1.82, 2.24) is 0 Å². The van der Waals surface area contributed by atoms with Crippen LogP contribution >= 0.6 is 0 Å². The molecule has 2 rings (SSSR count). The van der Waals surface area contributed by atoms with E-state index in [2.05, 4.69) is 11.4 Å². The Labute approximate surface area is 118 Å². The maximum Gasteiger partial charge on any atom is 0.293 e. The molecule has 20 heavy (non-hydrogen) atoms. The van der Waals surface area contributed by atoms with Crippen LogP contribution in [-0.4, -0.2) is 4.92 Å². The number of aryl methyl sites for hydroxylation is 4. The summed E-state index contributed by atoms with van der Waals surface area (Å²) in [5.74, 6) is 0. The summed E-state index contributed by atoms with van der Waals surface area (Å²) in [4.78, 5) is 10.9. The van der Waals surface area contributed by atoms with Gasteiger partial charge in [0.05, 0.1) is 4.92 Å². The highest BCUT2D eigenvalue weighted by Crippen LogP contribution is 2.32. The van der Waals surface area contributed by atoms with Gasteiger partial charge in [-0.2, -0.15) is 0 Å². The van der Waals surface area contributed by atoms with Crippen molar-refractivity contribution in [1.29, 1.82) is 0 Å². The van der Waals surface area contributed by atoms with Crippen molar-refractivity contribution in [3.8, 4) is 0 Å². The van der Waals surface area contributed by atoms with Crippen molar-refractivity contribution in [2.24, 2.45) is 0 Å². The van der Waals surface area contributed by atoms with Crippen LogP contribution in [0.5, 0.6) is 0 Å². The highest BCUT2D eigenvalue weighted by atomic mass is 16.6. The van der Waals surface area contributed by atoms with Crippen molar-refractivity contribution < 1.29 is 4.92 Å². The molecule has 0 amide bonds. The zero-order valence-electron chi connectivity index (χ0n) is 12.2. The minimum absolute atomic E-state index is 0.113. The van der Waals surface area contributed by atoms with Crippen LogP contribution < -0.4 is 5.32 Å². The van der Waals surface area contributed by atoms with E-state index in [-0.39, 0.29) is 10.6 Å². The first-order chi connectivity index (χ1) is 9.36. The second-order valence-electron chi connectivity index (χ2n) is 5.23. The van der Waals surface area contributed by atoms with E-state index >= 15 is 0 Å². The SMILES string of the molecule is Cc1cc(C)cc(Nc2c(C)cc(C)cc2[N+](=O)[O-])c1. The monoisotopic (exact) mass is 270 g/mol. The largest absolute Gasteiger partial charge is 0.350 e. The fourth-order valence-corrected chi connectivity index (χ4v) is 2.44. The molecule has 0 spiro atoms. The van der Waals surface area contributed by atoms with E-state index in [1.165, 1.54) is 0 Å². The minimum Gasteiger partial charge on any atom is -0.350 e. The van der Waals surface area contributed by atoms with Gasteiger partial charge < -0.3 is 5.32 Å². The van der Waals surface area contributed by atoms with Crippen LogP contribution in [0.2, 0.25) is 0 Å². The number of nitrogens with one attached hydrogen (secondary N) is 1. The van der Waals surface area contributed by atoms with E-state index in [1.54, 1.807) is 6.07 Å². The normalized spacial score (nSPS) is 10.4. The predicted octanol–water partition coefficient (Wildman–Crippen LogP) is 4.57. The third kappa shape index (κ3) is 2.96. The van der Waals surface area contributed by atoms with Crippen LogP contribution in [0.4, 0.5) is 17.1 Å². The van der Waals surface area contributed by atoms with E-state index in [1.807, 2.05) is 45.9 Å². The molecule has 4 heteroatoms. The Balaban J connectivity index is 2.50. The molecule has 2 aromatic rings. The van der Waals surface area contributed by atoms with Gasteiger partial charge >= 0.3 is 0 Å². The number of benzene rings is 2. The molecule has 0 aliphatic heterocycles. The van der Waals surface area contributed by atoms with Gasteiger partial charge in [0.2, 0.25) is 0 Å². The van der Waals surface area contributed by atoms with Crippen LogP contribution in [0.25, 0.3) is 0 Å². The lowest BCUT2D eigenvalue weighted by atomic mass is 10.1. The first-order valence-corrected chi connectivity index (χ1v) is 6.48. The second-order valence-corrected chi connectivity index (χ2v) is 5.23. The standard InChI is InChI=1S/C16H18N2O2/c1-10-5-11(2)8-14(7-10)17-16-13(4)6-12(3)9-15(16)18(19)20/h5-9,17H,1-4H3. The molecule has 0 aliphatic carbocycles. The second kappa shape index (κ2) is 5.33. The molecule has 4 nitrogen and oxygen atoms in total. The first kappa shape index (κ1) is 14.1. The molecule has 0 heterocycles. The van der Waals surface area contributed by atoms with Gasteiger partial charge in [-0.25, -0.2) is 0 Å². The number of nitro groups is 1. The van der Waals surface area contributed by atoms with Gasteiger partial charge in [0.1, 0.15) is 5.69 Å². The van der Waals surface area contributed by atoms with E-state index in [4.69, 9.17) is 0 Å². The molecule has 0 atom stereocenters. The molecule has 2 aromatic carbocycles. The Kier molecular flexibility index (Phi) is 3.74. The topological polar surface area (TPSA) is 55.2 Å². The fourth-order valence-electron chi connectivity index (χ4n) is 2.44. The van der Waals surface area contributed by atoms with Gasteiger partial charge in [-0.3, -0.25) is 10.1 Å². The lowest BCUT2D eigenvalue weighted by Gasteiger charge is -2.12. The molecule has 0 aliphatic rings. The summed E-state index contributed by atoms with van der Waals surface area (Å²) in [6.45, 7) is 7.76. The Bertz CT molecular complexity index is 658. The summed E-state index contributed by atoms with van der Waals surface area (Å²) in [7, 11) is 0. The van der Waals surface area contributed by atoms with E-state index in [0.29, 0.717) is 5.69 Å². The molecule has 0 aromatic heterocycles. The van der Waals surface area contributed by atoms with Gasteiger partial charge in [0, 0.05) is 11.8 Å². The average Bonchev–Trinajstić information content (AvgIpc) is 2.30. The zero-order chi connectivity index (χ0) is 14.9. The van der Waals surface area contributed by atoms with E-state index in [0.717, 1.165) is 27.9 Å². The maximum absolute atomic E-state index is 11.2. The summed E-state index contributed by atoms with van der Waals surface area (Å²) in [6.07, 6.45) is 0. The summed E-state index contributed by atoms with van der Waals surface area (Å²) < 4.78 is 0. The summed E-state index contributed by atoms with van der Waals surface area (Å²) in [5, 5.41) is 14.4. The van der Waals surface area contributed by atoms with E-state index < -0.39 is 0 Å². The Morgan fingerprint density at radius 2 is 1.45 bits per heavy atom. The molecule has 0 radical (unpaired) electrons. The predicted molar refractivity (Wildman–Crippen MR) is 81.8 cm³/mol. The van der Waals surface area contributed by atoms with Crippen molar-refractivity contribution in [2.75, 3.05) is 5.32 Å². The number of rotatable bonds is 3. The number of hydrogen-bond acceptors (Lipinski definition) is 3. The number of nitro benzene ring substituents is 1. The van der Waals surface area contributed by atoms with Crippen molar-refractivity contribution in [3.63, 3.8) is 0 Å². The third-order valence-electron chi connectivity index (χ3n) is 3.15. The number of anilines is 2. The molecule has 0 bridgehead atoms. The summed E-state index contributed by atoms with van der Waals surface area (Å²) in [6, 6.07) is 9.57. The smallest absolute Gasteiger partial charge is 0.293 e. The van der Waals surface area contributed by atoms with Gasteiger partial charge in [0.25, 0.3) is 5.69 Å². The Morgan fingerprint density at radius 3 is 2.00 bits per heavy atom.